The van der Waals surface area contributed by atoms with Crippen molar-refractivity contribution in [2.24, 2.45) is 5.73 Å². The number of hydrogen-bond acceptors (Lipinski definition) is 3. The number of rotatable bonds is 8. The van der Waals surface area contributed by atoms with Gasteiger partial charge in [0, 0.05) is 25.2 Å². The molecule has 0 radical (unpaired) electrons. The summed E-state index contributed by atoms with van der Waals surface area (Å²) in [4.78, 5) is 14.5. The number of hydrogen-bond donors (Lipinski definition) is 1. The van der Waals surface area contributed by atoms with Gasteiger partial charge in [0.15, 0.2) is 0 Å². The molecule has 0 heterocycles. The van der Waals surface area contributed by atoms with Crippen LogP contribution in [0, 0.1) is 0 Å². The van der Waals surface area contributed by atoms with Crippen LogP contribution in [-0.4, -0.2) is 37.0 Å². The SMILES string of the molecule is CCOc1cccc(C(=O)N(CCN)CCc2ccccc2)c1.Cl. The number of halogens is 1. The highest BCUT2D eigenvalue weighted by atomic mass is 35.5. The van der Waals surface area contributed by atoms with Crippen molar-refractivity contribution < 1.29 is 9.53 Å². The molecule has 2 N–H and O–H groups in total. The van der Waals surface area contributed by atoms with Gasteiger partial charge >= 0.3 is 0 Å². The van der Waals surface area contributed by atoms with Crippen LogP contribution >= 0.6 is 12.4 Å². The highest BCUT2D eigenvalue weighted by molar-refractivity contribution is 5.94. The molecule has 2 aromatic carbocycles. The second kappa shape index (κ2) is 10.7. The molecule has 130 valence electrons. The summed E-state index contributed by atoms with van der Waals surface area (Å²) in [5, 5.41) is 0. The zero-order valence-corrected chi connectivity index (χ0v) is 14.8. The lowest BCUT2D eigenvalue weighted by molar-refractivity contribution is 0.0761. The fourth-order valence-corrected chi connectivity index (χ4v) is 2.45. The summed E-state index contributed by atoms with van der Waals surface area (Å²) in [5.41, 5.74) is 7.52. The molecule has 0 aliphatic rings. The van der Waals surface area contributed by atoms with Crippen LogP contribution in [0.15, 0.2) is 54.6 Å². The van der Waals surface area contributed by atoms with Crippen LogP contribution in [0.4, 0.5) is 0 Å². The Hall–Kier alpha value is -2.04. The normalized spacial score (nSPS) is 9.92. The molecule has 4 nitrogen and oxygen atoms in total. The molecule has 5 heteroatoms. The van der Waals surface area contributed by atoms with Crippen molar-refractivity contribution in [3.05, 3.63) is 65.7 Å². The summed E-state index contributed by atoms with van der Waals surface area (Å²) in [6.45, 7) is 4.16. The Kier molecular flexibility index (Phi) is 8.90. The molecule has 0 saturated heterocycles. The van der Waals surface area contributed by atoms with Gasteiger partial charge in [-0.15, -0.1) is 12.4 Å². The van der Waals surface area contributed by atoms with Crippen molar-refractivity contribution in [1.29, 1.82) is 0 Å². The number of ether oxygens (including phenoxy) is 1. The molecule has 1 amide bonds. The lowest BCUT2D eigenvalue weighted by atomic mass is 10.1. The number of nitrogens with two attached hydrogens (primary N) is 1. The van der Waals surface area contributed by atoms with Gasteiger partial charge in [-0.2, -0.15) is 0 Å². The highest BCUT2D eigenvalue weighted by Gasteiger charge is 2.15. The smallest absolute Gasteiger partial charge is 0.254 e. The second-order valence-corrected chi connectivity index (χ2v) is 5.28. The summed E-state index contributed by atoms with van der Waals surface area (Å²) in [6.07, 6.45) is 0.817. The summed E-state index contributed by atoms with van der Waals surface area (Å²) in [7, 11) is 0. The predicted octanol–water partition coefficient (Wildman–Crippen LogP) is 3.15. The van der Waals surface area contributed by atoms with Crippen molar-refractivity contribution in [2.75, 3.05) is 26.2 Å². The van der Waals surface area contributed by atoms with E-state index in [9.17, 15) is 4.79 Å². The van der Waals surface area contributed by atoms with Gasteiger partial charge in [-0.05, 0) is 37.1 Å². The zero-order valence-electron chi connectivity index (χ0n) is 14.0. The number of nitrogens with zero attached hydrogens (tertiary/aromatic N) is 1. The lowest BCUT2D eigenvalue weighted by Gasteiger charge is -2.22. The molecular weight excluding hydrogens is 324 g/mol. The van der Waals surface area contributed by atoms with E-state index in [2.05, 4.69) is 12.1 Å². The summed E-state index contributed by atoms with van der Waals surface area (Å²) in [5.74, 6) is 0.710. The largest absolute Gasteiger partial charge is 0.494 e. The monoisotopic (exact) mass is 348 g/mol. The van der Waals surface area contributed by atoms with E-state index in [0.29, 0.717) is 37.6 Å². The average molecular weight is 349 g/mol. The van der Waals surface area contributed by atoms with Crippen LogP contribution in [0.25, 0.3) is 0 Å². The summed E-state index contributed by atoms with van der Waals surface area (Å²) < 4.78 is 5.47. The molecule has 0 unspecified atom stereocenters. The van der Waals surface area contributed by atoms with Crippen LogP contribution in [0.1, 0.15) is 22.8 Å². The molecule has 0 aliphatic heterocycles. The van der Waals surface area contributed by atoms with E-state index in [0.717, 1.165) is 6.42 Å². The van der Waals surface area contributed by atoms with Crippen molar-refractivity contribution in [2.45, 2.75) is 13.3 Å². The molecule has 0 aliphatic carbocycles. The molecule has 0 bridgehead atoms. The Morgan fingerprint density at radius 2 is 1.83 bits per heavy atom. The predicted molar refractivity (Wildman–Crippen MR) is 100.0 cm³/mol. The number of benzene rings is 2. The van der Waals surface area contributed by atoms with Gasteiger partial charge in [0.2, 0.25) is 0 Å². The van der Waals surface area contributed by atoms with Crippen molar-refractivity contribution >= 4 is 18.3 Å². The Labute approximate surface area is 150 Å². The molecule has 0 atom stereocenters. The number of carbonyl (C=O) groups is 1. The molecule has 0 saturated carbocycles. The molecule has 24 heavy (non-hydrogen) atoms. The fraction of sp³-hybridized carbons (Fsp3) is 0.316. The fourth-order valence-electron chi connectivity index (χ4n) is 2.45. The van der Waals surface area contributed by atoms with Gasteiger partial charge < -0.3 is 15.4 Å². The van der Waals surface area contributed by atoms with E-state index in [4.69, 9.17) is 10.5 Å². The first-order valence-corrected chi connectivity index (χ1v) is 8.00. The maximum Gasteiger partial charge on any atom is 0.254 e. The van der Waals surface area contributed by atoms with Gasteiger partial charge in [-0.1, -0.05) is 36.4 Å². The van der Waals surface area contributed by atoms with Crippen LogP contribution in [-0.2, 0) is 6.42 Å². The van der Waals surface area contributed by atoms with E-state index in [1.807, 2.05) is 43.3 Å². The standard InChI is InChI=1S/C19H24N2O2.ClH/c1-2-23-18-10-6-9-17(15-18)19(22)21(14-12-20)13-11-16-7-4-3-5-8-16;/h3-10,15H,2,11-14,20H2,1H3;1H. The zero-order chi connectivity index (χ0) is 16.5. The van der Waals surface area contributed by atoms with Gasteiger partial charge in [0.1, 0.15) is 5.75 Å². The maximum atomic E-state index is 12.7. The van der Waals surface area contributed by atoms with Crippen molar-refractivity contribution in [1.82, 2.24) is 4.90 Å². The minimum absolute atomic E-state index is 0. The first kappa shape index (κ1) is 20.0. The topological polar surface area (TPSA) is 55.6 Å². The van der Waals surface area contributed by atoms with Gasteiger partial charge in [0.25, 0.3) is 5.91 Å². The quantitative estimate of drug-likeness (QED) is 0.797. The minimum Gasteiger partial charge on any atom is -0.494 e. The number of amides is 1. The highest BCUT2D eigenvalue weighted by Crippen LogP contribution is 2.15. The first-order chi connectivity index (χ1) is 11.2. The molecule has 0 fully saturated rings. The van der Waals surface area contributed by atoms with Crippen LogP contribution < -0.4 is 10.5 Å². The third-order valence-corrected chi connectivity index (χ3v) is 3.59. The molecular formula is C19H25ClN2O2. The summed E-state index contributed by atoms with van der Waals surface area (Å²) in [6, 6.07) is 17.5. The summed E-state index contributed by atoms with van der Waals surface area (Å²) >= 11 is 0. The Balaban J connectivity index is 0.00000288. The van der Waals surface area contributed by atoms with E-state index in [-0.39, 0.29) is 18.3 Å². The first-order valence-electron chi connectivity index (χ1n) is 8.00. The number of carbonyl (C=O) groups excluding carboxylic acids is 1. The molecule has 0 spiro atoms. The van der Waals surface area contributed by atoms with Crippen molar-refractivity contribution in [3.63, 3.8) is 0 Å². The average Bonchev–Trinajstić information content (AvgIpc) is 2.59. The van der Waals surface area contributed by atoms with Gasteiger partial charge in [0.05, 0.1) is 6.61 Å². The molecule has 2 aromatic rings. The Morgan fingerprint density at radius 1 is 1.08 bits per heavy atom. The van der Waals surface area contributed by atoms with Crippen molar-refractivity contribution in [3.8, 4) is 5.75 Å². The Morgan fingerprint density at radius 3 is 2.50 bits per heavy atom. The van der Waals surface area contributed by atoms with Gasteiger partial charge in [-0.3, -0.25) is 4.79 Å². The van der Waals surface area contributed by atoms with E-state index >= 15 is 0 Å². The maximum absolute atomic E-state index is 12.7. The molecule has 0 aromatic heterocycles. The molecule has 2 rings (SSSR count). The minimum atomic E-state index is -0.00654. The van der Waals surface area contributed by atoms with Crippen LogP contribution in [0.2, 0.25) is 0 Å². The van der Waals surface area contributed by atoms with Crippen LogP contribution in [0.3, 0.4) is 0 Å². The van der Waals surface area contributed by atoms with E-state index < -0.39 is 0 Å². The third-order valence-electron chi connectivity index (χ3n) is 3.59. The van der Waals surface area contributed by atoms with Gasteiger partial charge in [-0.25, -0.2) is 0 Å². The lowest BCUT2D eigenvalue weighted by Crippen LogP contribution is -2.36. The third kappa shape index (κ3) is 5.87. The second-order valence-electron chi connectivity index (χ2n) is 5.28. The van der Waals surface area contributed by atoms with E-state index in [1.165, 1.54) is 5.56 Å². The Bertz CT molecular complexity index is 620. The van der Waals surface area contributed by atoms with E-state index in [1.54, 1.807) is 11.0 Å². The van der Waals surface area contributed by atoms with Crippen LogP contribution in [0.5, 0.6) is 5.75 Å².